The van der Waals surface area contributed by atoms with E-state index >= 15 is 0 Å². The molecule has 0 bridgehead atoms. The lowest BCUT2D eigenvalue weighted by atomic mass is 9.99. The summed E-state index contributed by atoms with van der Waals surface area (Å²) in [6, 6.07) is 6.96. The zero-order chi connectivity index (χ0) is 22.6. The first-order chi connectivity index (χ1) is 14.6. The van der Waals surface area contributed by atoms with Crippen LogP contribution in [-0.2, 0) is 14.4 Å². The van der Waals surface area contributed by atoms with Crippen molar-refractivity contribution in [2.75, 3.05) is 31.1 Å². The molecule has 1 saturated heterocycles. The molecule has 2 atom stereocenters. The number of hydrogen-bond acceptors (Lipinski definition) is 4. The van der Waals surface area contributed by atoms with Crippen molar-refractivity contribution in [2.24, 2.45) is 5.92 Å². The number of para-hydroxylation sites is 1. The molecule has 1 aromatic rings. The summed E-state index contributed by atoms with van der Waals surface area (Å²) in [6.07, 6.45) is -2.15. The first-order valence-corrected chi connectivity index (χ1v) is 10.7. The molecule has 0 spiro atoms. The van der Waals surface area contributed by atoms with Crippen LogP contribution in [0.2, 0.25) is 0 Å². The first kappa shape index (κ1) is 23.2. The van der Waals surface area contributed by atoms with Gasteiger partial charge in [-0.05, 0) is 25.0 Å². The second-order valence-electron chi connectivity index (χ2n) is 8.50. The number of fused-ring (bicyclic) bond motifs is 1. The van der Waals surface area contributed by atoms with E-state index in [0.29, 0.717) is 50.1 Å². The highest BCUT2D eigenvalue weighted by molar-refractivity contribution is 6.10. The predicted octanol–water partition coefficient (Wildman–Crippen LogP) is 4.04. The summed E-state index contributed by atoms with van der Waals surface area (Å²) in [7, 11) is 0. The van der Waals surface area contributed by atoms with E-state index in [0.717, 1.165) is 6.42 Å². The van der Waals surface area contributed by atoms with Gasteiger partial charge < -0.3 is 4.90 Å². The van der Waals surface area contributed by atoms with Gasteiger partial charge in [0.05, 0.1) is 5.69 Å². The largest absolute Gasteiger partial charge is 0.497 e. The van der Waals surface area contributed by atoms with Crippen molar-refractivity contribution < 1.29 is 37.0 Å². The van der Waals surface area contributed by atoms with Crippen LogP contribution >= 0.6 is 0 Å². The second kappa shape index (κ2) is 9.38. The van der Waals surface area contributed by atoms with Crippen LogP contribution in [0, 0.1) is 5.92 Å². The molecule has 2 unspecified atom stereocenters. The SMILES string of the molecule is CC1CCC[N+](CCCCN2C(=O)CCC(=O)c3ccccc32)(OC(=O)C(F)(F)F)C1. The van der Waals surface area contributed by atoms with Gasteiger partial charge in [-0.15, -0.1) is 4.65 Å². The van der Waals surface area contributed by atoms with E-state index < -0.39 is 12.1 Å². The van der Waals surface area contributed by atoms with Gasteiger partial charge in [0.25, 0.3) is 0 Å². The van der Waals surface area contributed by atoms with Crippen LogP contribution in [0.3, 0.4) is 0 Å². The Bertz CT molecular complexity index is 842. The molecule has 1 amide bonds. The van der Waals surface area contributed by atoms with Crippen molar-refractivity contribution in [2.45, 2.75) is 51.6 Å². The van der Waals surface area contributed by atoms with Gasteiger partial charge in [-0.1, -0.05) is 19.1 Å². The predicted molar refractivity (Wildman–Crippen MR) is 107 cm³/mol. The molecule has 0 N–H and O–H groups in total. The zero-order valence-electron chi connectivity index (χ0n) is 17.6. The van der Waals surface area contributed by atoms with Crippen LogP contribution in [0.25, 0.3) is 0 Å². The maximum Gasteiger partial charge on any atom is 0.497 e. The van der Waals surface area contributed by atoms with Crippen molar-refractivity contribution in [1.29, 1.82) is 0 Å². The Labute approximate surface area is 179 Å². The first-order valence-electron chi connectivity index (χ1n) is 10.7. The number of piperidine rings is 1. The number of benzene rings is 1. The molecule has 0 saturated carbocycles. The third kappa shape index (κ3) is 5.64. The quantitative estimate of drug-likeness (QED) is 0.494. The molecule has 0 radical (unpaired) electrons. The molecule has 170 valence electrons. The molecule has 31 heavy (non-hydrogen) atoms. The van der Waals surface area contributed by atoms with E-state index in [9.17, 15) is 27.6 Å². The summed E-state index contributed by atoms with van der Waals surface area (Å²) in [6.45, 7) is 3.26. The molecular weight excluding hydrogens is 413 g/mol. The monoisotopic (exact) mass is 441 g/mol. The van der Waals surface area contributed by atoms with Gasteiger partial charge in [0.15, 0.2) is 5.78 Å². The maximum absolute atomic E-state index is 12.8. The molecule has 6 nitrogen and oxygen atoms in total. The highest BCUT2D eigenvalue weighted by Gasteiger charge is 2.49. The topological polar surface area (TPSA) is 63.7 Å². The van der Waals surface area contributed by atoms with Gasteiger partial charge >= 0.3 is 12.1 Å². The molecule has 0 aliphatic carbocycles. The molecule has 0 aromatic heterocycles. The minimum absolute atomic E-state index is 0.0719. The molecule has 1 fully saturated rings. The van der Waals surface area contributed by atoms with Gasteiger partial charge in [0.1, 0.15) is 19.6 Å². The zero-order valence-corrected chi connectivity index (χ0v) is 17.6. The minimum Gasteiger partial charge on any atom is -0.312 e. The number of halogens is 3. The molecule has 2 heterocycles. The number of unbranched alkanes of at least 4 members (excludes halogenated alkanes) is 1. The Morgan fingerprint density at radius 1 is 1.19 bits per heavy atom. The summed E-state index contributed by atoms with van der Waals surface area (Å²) in [5.41, 5.74) is 1.09. The van der Waals surface area contributed by atoms with E-state index in [1.807, 2.05) is 6.92 Å². The molecule has 3 rings (SSSR count). The van der Waals surface area contributed by atoms with Crippen molar-refractivity contribution in [1.82, 2.24) is 0 Å². The van der Waals surface area contributed by atoms with Crippen LogP contribution in [0.5, 0.6) is 0 Å². The second-order valence-corrected chi connectivity index (χ2v) is 8.50. The fourth-order valence-electron chi connectivity index (χ4n) is 4.52. The fraction of sp³-hybridized carbons (Fsp3) is 0.591. The Kier molecular flexibility index (Phi) is 7.03. The number of hydroxylamine groups is 3. The van der Waals surface area contributed by atoms with Gasteiger partial charge in [-0.25, -0.2) is 4.79 Å². The van der Waals surface area contributed by atoms with E-state index in [1.165, 1.54) is 0 Å². The van der Waals surface area contributed by atoms with Gasteiger partial charge in [0, 0.05) is 43.7 Å². The number of hydrogen-bond donors (Lipinski definition) is 0. The van der Waals surface area contributed by atoms with Crippen LogP contribution in [0.15, 0.2) is 24.3 Å². The number of Topliss-reactive ketones (excluding diaryl/α,β-unsaturated/α-hetero) is 1. The van der Waals surface area contributed by atoms with E-state index in [2.05, 4.69) is 0 Å². The normalized spacial score (nSPS) is 24.5. The van der Waals surface area contributed by atoms with Gasteiger partial charge in [-0.2, -0.15) is 13.2 Å². The Morgan fingerprint density at radius 2 is 1.94 bits per heavy atom. The number of rotatable bonds is 6. The van der Waals surface area contributed by atoms with E-state index in [-0.39, 0.29) is 41.6 Å². The fourth-order valence-corrected chi connectivity index (χ4v) is 4.52. The molecule has 9 heteroatoms. The number of alkyl halides is 3. The number of anilines is 1. The Hall–Kier alpha value is -2.42. The Morgan fingerprint density at radius 3 is 2.65 bits per heavy atom. The lowest BCUT2D eigenvalue weighted by molar-refractivity contribution is -1.09. The van der Waals surface area contributed by atoms with Crippen LogP contribution in [0.1, 0.15) is 55.8 Å². The van der Waals surface area contributed by atoms with Crippen molar-refractivity contribution in [3.63, 3.8) is 0 Å². The number of carbonyl (C=O) groups is 3. The smallest absolute Gasteiger partial charge is 0.312 e. The third-order valence-corrected chi connectivity index (χ3v) is 5.97. The maximum atomic E-state index is 12.8. The lowest BCUT2D eigenvalue weighted by Crippen LogP contribution is -2.56. The number of likely N-dealkylation sites (tertiary alicyclic amines) is 1. The Balaban J connectivity index is 1.65. The molecule has 2 aliphatic heterocycles. The average Bonchev–Trinajstić information content (AvgIpc) is 2.82. The molecular formula is C22H28F3N2O4+. The average molecular weight is 441 g/mol. The van der Waals surface area contributed by atoms with Crippen LogP contribution < -0.4 is 4.90 Å². The number of quaternary nitrogens is 1. The van der Waals surface area contributed by atoms with Gasteiger partial charge in [-0.3, -0.25) is 14.4 Å². The third-order valence-electron chi connectivity index (χ3n) is 5.97. The van der Waals surface area contributed by atoms with Crippen LogP contribution in [0.4, 0.5) is 18.9 Å². The highest BCUT2D eigenvalue weighted by atomic mass is 19.4. The molecule has 2 aliphatic rings. The van der Waals surface area contributed by atoms with Gasteiger partial charge in [0.2, 0.25) is 5.91 Å². The van der Waals surface area contributed by atoms with Crippen molar-refractivity contribution in [3.8, 4) is 0 Å². The number of amides is 1. The summed E-state index contributed by atoms with van der Waals surface area (Å²) in [5.74, 6) is -2.22. The number of carbonyl (C=O) groups excluding carboxylic acids is 3. The number of nitrogens with zero attached hydrogens (tertiary/aromatic N) is 2. The van der Waals surface area contributed by atoms with Crippen LogP contribution in [-0.4, -0.2) is 54.7 Å². The van der Waals surface area contributed by atoms with E-state index in [1.54, 1.807) is 29.2 Å². The number of ketones is 1. The summed E-state index contributed by atoms with van der Waals surface area (Å²) >= 11 is 0. The minimum atomic E-state index is -5.03. The highest BCUT2D eigenvalue weighted by Crippen LogP contribution is 2.30. The summed E-state index contributed by atoms with van der Waals surface area (Å²) in [4.78, 5) is 42.9. The summed E-state index contributed by atoms with van der Waals surface area (Å²) < 4.78 is 38.1. The standard InChI is InChI=1S/C22H28F3N2O4/c1-16-7-6-14-27(15-16,31-21(30)22(23,24)25)13-5-4-12-26-18-9-3-2-8-17(18)19(28)10-11-20(26)29/h2-3,8-9,16H,4-7,10-15H2,1H3/q+1. The van der Waals surface area contributed by atoms with E-state index in [4.69, 9.17) is 4.84 Å². The summed E-state index contributed by atoms with van der Waals surface area (Å²) in [5, 5.41) is 0. The van der Waals surface area contributed by atoms with Crippen molar-refractivity contribution in [3.05, 3.63) is 29.8 Å². The van der Waals surface area contributed by atoms with Crippen molar-refractivity contribution >= 4 is 23.3 Å². The molecule has 1 aromatic carbocycles. The lowest BCUT2D eigenvalue weighted by Gasteiger charge is -2.40.